The zero-order valence-electron chi connectivity index (χ0n) is 8.01. The molecule has 2 fully saturated rings. The predicted molar refractivity (Wildman–Crippen MR) is 49.2 cm³/mol. The molecule has 2 aliphatic rings. The third-order valence-electron chi connectivity index (χ3n) is 3.45. The normalized spacial score (nSPS) is 30.8. The van der Waals surface area contributed by atoms with Crippen LogP contribution >= 0.6 is 0 Å². The van der Waals surface area contributed by atoms with Crippen molar-refractivity contribution in [2.75, 3.05) is 33.4 Å². The highest BCUT2D eigenvalue weighted by molar-refractivity contribution is 4.86. The minimum atomic E-state index is 0.574. The van der Waals surface area contributed by atoms with Crippen LogP contribution in [0.25, 0.3) is 0 Å². The maximum absolute atomic E-state index is 5.58. The number of nitrogens with zero attached hydrogens (tertiary/aromatic N) is 1. The van der Waals surface area contributed by atoms with Gasteiger partial charge in [0, 0.05) is 6.61 Å². The van der Waals surface area contributed by atoms with Gasteiger partial charge in [-0.1, -0.05) is 0 Å². The van der Waals surface area contributed by atoms with Gasteiger partial charge < -0.3 is 9.64 Å². The van der Waals surface area contributed by atoms with Crippen LogP contribution in [0.4, 0.5) is 0 Å². The summed E-state index contributed by atoms with van der Waals surface area (Å²) in [6.45, 7) is 4.56. The molecule has 0 atom stereocenters. The molecule has 0 saturated carbocycles. The molecule has 0 aromatic heterocycles. The first-order chi connectivity index (χ1) is 5.81. The second kappa shape index (κ2) is 3.35. The summed E-state index contributed by atoms with van der Waals surface area (Å²) in [5.74, 6) is 0. The Morgan fingerprint density at radius 2 is 1.92 bits per heavy atom. The van der Waals surface area contributed by atoms with Gasteiger partial charge in [0.15, 0.2) is 0 Å². The van der Waals surface area contributed by atoms with E-state index in [1.54, 1.807) is 0 Å². The minimum absolute atomic E-state index is 0.574. The van der Waals surface area contributed by atoms with Gasteiger partial charge in [0.05, 0.1) is 6.61 Å². The average molecular weight is 169 g/mol. The highest BCUT2D eigenvalue weighted by atomic mass is 16.5. The van der Waals surface area contributed by atoms with Gasteiger partial charge in [0.2, 0.25) is 0 Å². The van der Waals surface area contributed by atoms with E-state index in [1.807, 2.05) is 0 Å². The van der Waals surface area contributed by atoms with Crippen molar-refractivity contribution < 1.29 is 4.74 Å². The van der Waals surface area contributed by atoms with Gasteiger partial charge in [-0.2, -0.15) is 0 Å². The fraction of sp³-hybridized carbons (Fsp3) is 1.00. The van der Waals surface area contributed by atoms with E-state index in [4.69, 9.17) is 4.74 Å². The Balaban J connectivity index is 1.92. The van der Waals surface area contributed by atoms with Crippen LogP contribution in [0.5, 0.6) is 0 Å². The number of piperidine rings is 1. The molecule has 0 bridgehead atoms. The van der Waals surface area contributed by atoms with Crippen LogP contribution < -0.4 is 0 Å². The summed E-state index contributed by atoms with van der Waals surface area (Å²) in [5, 5.41) is 0. The van der Waals surface area contributed by atoms with Crippen molar-refractivity contribution in [1.82, 2.24) is 4.90 Å². The SMILES string of the molecule is CN1CCC2(CCCOC2)CC1. The summed E-state index contributed by atoms with van der Waals surface area (Å²) >= 11 is 0. The summed E-state index contributed by atoms with van der Waals surface area (Å²) in [7, 11) is 2.22. The van der Waals surface area contributed by atoms with Crippen molar-refractivity contribution in [1.29, 1.82) is 0 Å². The molecule has 2 saturated heterocycles. The molecule has 2 heterocycles. The second-order valence-corrected chi connectivity index (χ2v) is 4.46. The second-order valence-electron chi connectivity index (χ2n) is 4.46. The van der Waals surface area contributed by atoms with E-state index in [-0.39, 0.29) is 0 Å². The highest BCUT2D eigenvalue weighted by Gasteiger charge is 2.35. The topological polar surface area (TPSA) is 12.5 Å². The fourth-order valence-electron chi connectivity index (χ4n) is 2.40. The summed E-state index contributed by atoms with van der Waals surface area (Å²) in [5.41, 5.74) is 0.574. The Kier molecular flexibility index (Phi) is 2.37. The molecule has 2 aliphatic heterocycles. The molecule has 0 aromatic rings. The highest BCUT2D eigenvalue weighted by Crippen LogP contribution is 2.38. The Morgan fingerprint density at radius 3 is 2.50 bits per heavy atom. The van der Waals surface area contributed by atoms with Crippen molar-refractivity contribution in [3.8, 4) is 0 Å². The molecule has 70 valence electrons. The van der Waals surface area contributed by atoms with Crippen LogP contribution in [0.1, 0.15) is 25.7 Å². The molecule has 12 heavy (non-hydrogen) atoms. The molecule has 0 aliphatic carbocycles. The summed E-state index contributed by atoms with van der Waals surface area (Å²) in [6, 6.07) is 0. The van der Waals surface area contributed by atoms with Crippen LogP contribution in [0, 0.1) is 5.41 Å². The van der Waals surface area contributed by atoms with Crippen LogP contribution in [0.3, 0.4) is 0 Å². The van der Waals surface area contributed by atoms with Gasteiger partial charge in [-0.05, 0) is 51.2 Å². The first-order valence-corrected chi connectivity index (χ1v) is 5.07. The summed E-state index contributed by atoms with van der Waals surface area (Å²) < 4.78 is 5.58. The van der Waals surface area contributed by atoms with Crippen LogP contribution in [0.15, 0.2) is 0 Å². The van der Waals surface area contributed by atoms with Gasteiger partial charge in [0.25, 0.3) is 0 Å². The molecule has 2 nitrogen and oxygen atoms in total. The molecule has 0 N–H and O–H groups in total. The molecule has 0 amide bonds. The Morgan fingerprint density at radius 1 is 1.17 bits per heavy atom. The fourth-order valence-corrected chi connectivity index (χ4v) is 2.40. The lowest BCUT2D eigenvalue weighted by Gasteiger charge is -2.42. The number of rotatable bonds is 0. The summed E-state index contributed by atoms with van der Waals surface area (Å²) in [6.07, 6.45) is 5.39. The largest absolute Gasteiger partial charge is 0.381 e. The average Bonchev–Trinajstić information content (AvgIpc) is 2.13. The van der Waals surface area contributed by atoms with Crippen molar-refractivity contribution in [3.63, 3.8) is 0 Å². The molecule has 2 heteroatoms. The number of ether oxygens (including phenoxy) is 1. The Bertz CT molecular complexity index is 142. The van der Waals surface area contributed by atoms with Crippen molar-refractivity contribution in [2.24, 2.45) is 5.41 Å². The van der Waals surface area contributed by atoms with E-state index in [0.717, 1.165) is 13.2 Å². The number of hydrogen-bond acceptors (Lipinski definition) is 2. The van der Waals surface area contributed by atoms with Gasteiger partial charge >= 0.3 is 0 Å². The maximum atomic E-state index is 5.58. The smallest absolute Gasteiger partial charge is 0.0523 e. The van der Waals surface area contributed by atoms with E-state index >= 15 is 0 Å². The molecule has 0 unspecified atom stereocenters. The molecule has 2 rings (SSSR count). The Labute approximate surface area is 74.9 Å². The van der Waals surface area contributed by atoms with E-state index in [1.165, 1.54) is 38.8 Å². The van der Waals surface area contributed by atoms with Crippen molar-refractivity contribution in [3.05, 3.63) is 0 Å². The van der Waals surface area contributed by atoms with E-state index in [0.29, 0.717) is 5.41 Å². The molecule has 0 aromatic carbocycles. The lowest BCUT2D eigenvalue weighted by molar-refractivity contribution is -0.0391. The number of likely N-dealkylation sites (tertiary alicyclic amines) is 1. The lowest BCUT2D eigenvalue weighted by Crippen LogP contribution is -2.42. The zero-order valence-corrected chi connectivity index (χ0v) is 8.01. The first kappa shape index (κ1) is 8.52. The quantitative estimate of drug-likeness (QED) is 0.545. The third-order valence-corrected chi connectivity index (χ3v) is 3.45. The zero-order chi connectivity index (χ0) is 8.44. The van der Waals surface area contributed by atoms with Gasteiger partial charge in [-0.3, -0.25) is 0 Å². The minimum Gasteiger partial charge on any atom is -0.381 e. The molecular weight excluding hydrogens is 150 g/mol. The van der Waals surface area contributed by atoms with Crippen LogP contribution in [-0.2, 0) is 4.74 Å². The summed E-state index contributed by atoms with van der Waals surface area (Å²) in [4.78, 5) is 2.43. The third kappa shape index (κ3) is 1.64. The van der Waals surface area contributed by atoms with E-state index in [9.17, 15) is 0 Å². The molecule has 1 spiro atoms. The lowest BCUT2D eigenvalue weighted by atomic mass is 9.74. The van der Waals surface area contributed by atoms with Crippen LogP contribution in [-0.4, -0.2) is 38.3 Å². The van der Waals surface area contributed by atoms with Gasteiger partial charge in [-0.25, -0.2) is 0 Å². The van der Waals surface area contributed by atoms with E-state index < -0.39 is 0 Å². The van der Waals surface area contributed by atoms with Crippen molar-refractivity contribution >= 4 is 0 Å². The monoisotopic (exact) mass is 169 g/mol. The molecular formula is C10H19NO. The molecule has 0 radical (unpaired) electrons. The Hall–Kier alpha value is -0.0800. The van der Waals surface area contributed by atoms with E-state index in [2.05, 4.69) is 11.9 Å². The van der Waals surface area contributed by atoms with Gasteiger partial charge in [-0.15, -0.1) is 0 Å². The first-order valence-electron chi connectivity index (χ1n) is 5.07. The maximum Gasteiger partial charge on any atom is 0.0523 e. The number of hydrogen-bond donors (Lipinski definition) is 0. The van der Waals surface area contributed by atoms with Gasteiger partial charge in [0.1, 0.15) is 0 Å². The standard InChI is InChI=1S/C10H19NO/c1-11-6-4-10(5-7-11)3-2-8-12-9-10/h2-9H2,1H3. The predicted octanol–water partition coefficient (Wildman–Crippen LogP) is 1.51. The van der Waals surface area contributed by atoms with Crippen LogP contribution in [0.2, 0.25) is 0 Å². The van der Waals surface area contributed by atoms with Crippen molar-refractivity contribution in [2.45, 2.75) is 25.7 Å².